The number of alkyl halides is 2. The Labute approximate surface area is 839 Å². The van der Waals surface area contributed by atoms with Gasteiger partial charge in [-0.3, -0.25) is 14.4 Å². The van der Waals surface area contributed by atoms with Crippen molar-refractivity contribution in [3.63, 3.8) is 0 Å². The minimum atomic E-state index is -4.01. The molecular weight excluding hydrogens is 1990 g/mol. The molecule has 147 heavy (non-hydrogen) atoms. The summed E-state index contributed by atoms with van der Waals surface area (Å²) in [4.78, 5) is 38.2. The van der Waals surface area contributed by atoms with Crippen molar-refractivity contribution in [3.05, 3.63) is 0 Å². The average molecular weight is 2150 g/mol. The van der Waals surface area contributed by atoms with E-state index < -0.39 is 417 Å². The van der Waals surface area contributed by atoms with E-state index in [4.69, 9.17) is 188 Å². The Morgan fingerprint density at radius 2 is 0.605 bits per heavy atom. The Morgan fingerprint density at radius 3 is 0.891 bits per heavy atom. The van der Waals surface area contributed by atoms with Crippen molar-refractivity contribution >= 4 is 17.6 Å². The molecule has 0 aromatic rings. The topological polar surface area (TPSA) is 1150 Å². The molecule has 856 valence electrons. The van der Waals surface area contributed by atoms with Gasteiger partial charge in [-0.15, -0.1) is 0 Å². The number of rotatable bonds is 38. The number of amides is 2. The van der Waals surface area contributed by atoms with Gasteiger partial charge in [-0.1, -0.05) is 0 Å². The lowest BCUT2D eigenvalue weighted by molar-refractivity contribution is -0.299. The molecule has 9 aliphatic heterocycles. The number of nitrogens with one attached hydrogen (secondary N) is 2. The van der Waals surface area contributed by atoms with Crippen molar-refractivity contribution in [2.24, 2.45) is 109 Å². The van der Waals surface area contributed by atoms with Crippen molar-refractivity contribution in [2.75, 3.05) is 72.2 Å². The molecule has 0 aromatic carbocycles. The van der Waals surface area contributed by atoms with Crippen LogP contribution in [0, 0.1) is 5.92 Å². The third-order valence-electron chi connectivity index (χ3n) is 29.0. The van der Waals surface area contributed by atoms with Crippen molar-refractivity contribution in [1.29, 1.82) is 0 Å². The molecule has 9 saturated heterocycles. The Balaban J connectivity index is 0.000000210. The summed E-state index contributed by atoms with van der Waals surface area (Å²) in [7, 11) is 0. The first kappa shape index (κ1) is 123. The fraction of sp³-hybridized carbons (Fsp3) is 0.963. The molecule has 0 spiro atoms. The number of hydrogen-bond donors (Lipinski definition) is 42. The molecule has 9 heterocycles. The second-order valence-corrected chi connectivity index (χ2v) is 39.4. The van der Waals surface area contributed by atoms with Crippen molar-refractivity contribution in [1.82, 2.24) is 10.6 Å². The maximum atomic E-state index is 14.0. The predicted octanol–water partition coefficient (Wildman–Crippen LogP) is -26.9. The van der Waals surface area contributed by atoms with Crippen LogP contribution in [0.3, 0.4) is 0 Å². The van der Waals surface area contributed by atoms with E-state index in [1.54, 1.807) is 0 Å². The molecule has 2 amide bonds. The van der Waals surface area contributed by atoms with E-state index in [2.05, 4.69) is 10.6 Å². The SMILES string of the molecule is NC[C@@H]1O[C@H](O[C@H]2[C@@H](O)[C@H](O[C@@H]3[C@@H](O)[C@H](CC(=O)C4(O)CC4N)C[C@H](N)[C@H]3O[C@H]3O[C@H](CN)[C@@H](O)C[C@H]3N)O[C@@H]2CO)[C@H](N)[C@@H](O)[C@@H]1O.NC[C@@H]1O[C@H](O[C@H]2[C@@H](O)[C@H](O[C@@H]3[C@@H](O)[C@H](NC(=O)C(O)C(F)(F)CN)C[C@H](N)[C@H]3O[C@H]3O[C@H](CN)[C@@H](O)C[C@H]3N)O[C@@H]2CO)[C@H](N)[C@@H](O)[C@@H]1O.NC[C@@H]1O[C@H](O[C@H]2[C@@H](O)[C@H](O[C@@H]3[C@@H](O)[C@H](NC(=O)[C@@H](O)[C@@H](O)CN)C[C@H](N)[C@H]3O[C@H]3O[C@H](CN)[C@@H](O)C[C@H]3N)O[C@@H]2CO)[C@H](N)[C@@H](O)[C@@H]1O. The first-order valence-electron chi connectivity index (χ1n) is 48.6. The Morgan fingerprint density at radius 1 is 0.333 bits per heavy atom. The molecule has 13 rings (SSSR count). The van der Waals surface area contributed by atoms with Gasteiger partial charge in [0.2, 0.25) is 0 Å². The molecule has 60 N–H and O–H groups in total. The molecule has 13 aliphatic rings. The summed E-state index contributed by atoms with van der Waals surface area (Å²) in [5.74, 6) is -8.07. The summed E-state index contributed by atoms with van der Waals surface area (Å²) in [6, 6.07) is -13.0. The lowest BCUT2D eigenvalue weighted by atomic mass is 9.76. The van der Waals surface area contributed by atoms with Crippen LogP contribution in [0.2, 0.25) is 0 Å². The second-order valence-electron chi connectivity index (χ2n) is 39.4. The lowest BCUT2D eigenvalue weighted by Crippen LogP contribution is -2.68. The van der Waals surface area contributed by atoms with Gasteiger partial charge in [-0.25, -0.2) is 8.78 Å². The molecule has 0 aromatic heterocycles. The number of halogens is 2. The number of ether oxygens (including phenoxy) is 18. The number of Topliss-reactive ketones (excluding diaryl/α,β-unsaturated/α-hetero) is 1. The zero-order valence-corrected chi connectivity index (χ0v) is 80.0. The van der Waals surface area contributed by atoms with E-state index >= 15 is 0 Å². The quantitative estimate of drug-likeness (QED) is 0.0273. The fourth-order valence-corrected chi connectivity index (χ4v) is 19.8. The van der Waals surface area contributed by atoms with E-state index in [1.807, 2.05) is 0 Å². The molecule has 0 bridgehead atoms. The Hall–Kier alpha value is -3.85. The summed E-state index contributed by atoms with van der Waals surface area (Å²) in [6.45, 7) is -4.78. The Bertz CT molecular complexity index is 4040. The summed E-state index contributed by atoms with van der Waals surface area (Å²) in [6.07, 6.45) is -63.9. The highest BCUT2D eigenvalue weighted by Crippen LogP contribution is 2.44. The van der Waals surface area contributed by atoms with Crippen LogP contribution >= 0.6 is 0 Å². The number of ketones is 1. The number of hydrogen-bond acceptors (Lipinski definition) is 61. The van der Waals surface area contributed by atoms with Crippen LogP contribution in [0.15, 0.2) is 0 Å². The number of aliphatic hydroxyl groups excluding tert-OH is 21. The van der Waals surface area contributed by atoms with Crippen LogP contribution in [0.1, 0.15) is 51.4 Å². The average Bonchev–Trinajstić information content (AvgIpc) is 1.59. The van der Waals surface area contributed by atoms with Gasteiger partial charge in [0.05, 0.1) is 117 Å². The van der Waals surface area contributed by atoms with E-state index in [0.29, 0.717) is 0 Å². The predicted molar refractivity (Wildman–Crippen MR) is 483 cm³/mol. The number of carbonyl (C=O) groups excluding carboxylic acids is 3. The van der Waals surface area contributed by atoms with Gasteiger partial charge in [-0.05, 0) is 44.4 Å². The number of nitrogens with two attached hydrogens (primary N) is 18. The first-order valence-corrected chi connectivity index (χ1v) is 48.6. The zero-order valence-electron chi connectivity index (χ0n) is 80.0. The summed E-state index contributed by atoms with van der Waals surface area (Å²) < 4.78 is 133. The van der Waals surface area contributed by atoms with Gasteiger partial charge in [0.25, 0.3) is 17.7 Å². The molecule has 0 radical (unpaired) electrons. The van der Waals surface area contributed by atoms with Gasteiger partial charge >= 0.3 is 0 Å². The smallest absolute Gasteiger partial charge is 0.294 e. The van der Waals surface area contributed by atoms with Crippen LogP contribution in [-0.2, 0) is 99.6 Å². The highest BCUT2D eigenvalue weighted by Gasteiger charge is 2.63. The third kappa shape index (κ3) is 27.9. The first-order chi connectivity index (χ1) is 69.3. The molecule has 4 saturated carbocycles. The highest BCUT2D eigenvalue weighted by atomic mass is 19.3. The molecule has 13 fully saturated rings. The zero-order chi connectivity index (χ0) is 109. The normalized spacial score (nSPS) is 48.8. The maximum absolute atomic E-state index is 14.0. The monoisotopic (exact) mass is 2150 g/mol. The lowest BCUT2D eigenvalue weighted by Gasteiger charge is -2.47. The summed E-state index contributed by atoms with van der Waals surface area (Å²) in [5, 5.41) is 236. The third-order valence-corrected chi connectivity index (χ3v) is 29.0. The minimum absolute atomic E-state index is 0.00173. The van der Waals surface area contributed by atoms with Gasteiger partial charge in [0, 0.05) is 82.8 Å². The Kier molecular flexibility index (Phi) is 44.9. The molecule has 3 unspecified atom stereocenters. The molecule has 65 heteroatoms. The van der Waals surface area contributed by atoms with Crippen LogP contribution in [-0.4, -0.2) is 562 Å². The van der Waals surface area contributed by atoms with Crippen LogP contribution < -0.4 is 114 Å². The molecule has 4 aliphatic carbocycles. The van der Waals surface area contributed by atoms with Crippen molar-refractivity contribution in [3.8, 4) is 0 Å². The molecular formula is C82H156F2N20O43. The molecule has 59 atom stereocenters. The van der Waals surface area contributed by atoms with E-state index in [1.165, 1.54) is 0 Å². The summed E-state index contributed by atoms with van der Waals surface area (Å²) >= 11 is 0. The van der Waals surface area contributed by atoms with E-state index in [0.717, 1.165) is 0 Å². The van der Waals surface area contributed by atoms with E-state index in [9.17, 15) is 136 Å². The van der Waals surface area contributed by atoms with Crippen LogP contribution in [0.25, 0.3) is 0 Å². The van der Waals surface area contributed by atoms with Gasteiger partial charge < -0.3 is 311 Å². The number of aliphatic hydroxyl groups is 22. The maximum Gasteiger partial charge on any atom is 0.294 e. The summed E-state index contributed by atoms with van der Waals surface area (Å²) in [5.41, 5.74) is 104. The molecule has 63 nitrogen and oxygen atoms in total. The second kappa shape index (κ2) is 53.5. The van der Waals surface area contributed by atoms with Crippen molar-refractivity contribution in [2.45, 2.75) is 412 Å². The standard InChI is InChI=1S/C28H52N6O14.C27H51F2N7O14.C27H53N7O15/c29-5-12-11(36)3-10(32)25(43-12)46-22-9(31)1-8(2-16(37)28(42)4-15(28)33)18(38)24(22)48-27-21(41)23(14(7-35)45-27)47-26-17(34)20(40)19(39)13(6-30)44-26;28-27(29,6-32)22(43)23(44)36-9-1-7(33)19(48-24-8(34)2-10(38)11(3-30)45-24)21(15(9)39)50-26-18(42)20(13(5-37)47-26)49-25-14(35)17(41)16(40)12(4-31)46-25;28-3-11(37)17(39)24(43)34-9-1-7(31)21(47-25-8(32)2-10(36)12(4-29)44-25)23(16(9)38)49-27-20(42)22(14(6-35)46-27)48-26-15(33)19(41)18(40)13(5-30)45-26/h8-15,17-27,35-36,38-42H,1-7,29-34H2;7-22,24-26,37-43H,1-6,30-35H2,(H,36,44);7-23,25-27,35-42H,1-6,28-33H2,(H,34,43)/t8-,9-,10+,11-,12+,13-,14+,15?,17+,18-,19+,20+,21+,22+,23+,24+,25+,26+,27-,28?;7-,8+,9+,10-,11+,12-,13+,14+,15-,16+,17+,18+,19+,20+,21+,22?,24+,25+,26-;7-,8+,9+,10-,11-,12+,13-,14+,15+,16-,17-,18+,19+,20+,21+,22+,23+,25+,26+,27-/m000/s1. The fourth-order valence-electron chi connectivity index (χ4n) is 19.8. The van der Waals surface area contributed by atoms with E-state index in [-0.39, 0.29) is 90.6 Å². The van der Waals surface area contributed by atoms with Crippen LogP contribution in [0.4, 0.5) is 8.78 Å². The van der Waals surface area contributed by atoms with Crippen molar-refractivity contribution < 1.29 is 221 Å². The van der Waals surface area contributed by atoms with Crippen LogP contribution in [0.5, 0.6) is 0 Å². The van der Waals surface area contributed by atoms with Gasteiger partial charge in [0.1, 0.15) is 170 Å². The largest absolute Gasteiger partial charge is 0.394 e. The van der Waals surface area contributed by atoms with Gasteiger partial charge in [0.15, 0.2) is 74.6 Å². The van der Waals surface area contributed by atoms with Gasteiger partial charge in [-0.2, -0.15) is 0 Å². The minimum Gasteiger partial charge on any atom is -0.394 e. The number of carbonyl (C=O) groups is 3. The highest BCUT2D eigenvalue weighted by molar-refractivity contribution is 5.91.